The number of nitrogens with two attached hydrogens (primary N) is 1. The molecule has 0 radical (unpaired) electrons. The zero-order valence-corrected chi connectivity index (χ0v) is 10.7. The van der Waals surface area contributed by atoms with Crippen LogP contribution in [0.15, 0.2) is 54.6 Å². The monoisotopic (exact) mass is 241 g/mol. The molecule has 2 N–H and O–H groups in total. The summed E-state index contributed by atoms with van der Waals surface area (Å²) in [6.45, 7) is 2.83. The molecule has 0 bridgehead atoms. The molecule has 0 amide bonds. The number of rotatable bonds is 5. The smallest absolute Gasteiger partial charge is 0.127 e. The zero-order chi connectivity index (χ0) is 12.8. The highest BCUT2D eigenvalue weighted by Crippen LogP contribution is 2.26. The maximum absolute atomic E-state index is 5.82. The van der Waals surface area contributed by atoms with Gasteiger partial charge in [0.1, 0.15) is 11.5 Å². The minimum atomic E-state index is 0.407. The van der Waals surface area contributed by atoms with Gasteiger partial charge in [0.05, 0.1) is 0 Å². The second-order valence-electron chi connectivity index (χ2n) is 4.33. The van der Waals surface area contributed by atoms with Gasteiger partial charge < -0.3 is 10.5 Å². The SMILES string of the molecule is CCC(CN)c1cccc(Oc2ccccc2)c1. The minimum absolute atomic E-state index is 0.407. The Labute approximate surface area is 108 Å². The number of hydrogen-bond acceptors (Lipinski definition) is 2. The van der Waals surface area contributed by atoms with Crippen LogP contribution in [0.2, 0.25) is 0 Å². The van der Waals surface area contributed by atoms with Crippen molar-refractivity contribution in [3.63, 3.8) is 0 Å². The summed E-state index contributed by atoms with van der Waals surface area (Å²) in [5, 5.41) is 0. The summed E-state index contributed by atoms with van der Waals surface area (Å²) in [6.07, 6.45) is 1.05. The molecule has 0 saturated heterocycles. The third-order valence-corrected chi connectivity index (χ3v) is 3.09. The van der Waals surface area contributed by atoms with Gasteiger partial charge in [0.15, 0.2) is 0 Å². The molecule has 1 atom stereocenters. The van der Waals surface area contributed by atoms with Crippen molar-refractivity contribution in [3.8, 4) is 11.5 Å². The molecule has 18 heavy (non-hydrogen) atoms. The largest absolute Gasteiger partial charge is 0.457 e. The summed E-state index contributed by atoms with van der Waals surface area (Å²) < 4.78 is 5.82. The van der Waals surface area contributed by atoms with Crippen molar-refractivity contribution >= 4 is 0 Å². The highest BCUT2D eigenvalue weighted by molar-refractivity contribution is 5.35. The van der Waals surface area contributed by atoms with Crippen LogP contribution < -0.4 is 10.5 Å². The molecule has 1 unspecified atom stereocenters. The predicted octanol–water partition coefficient (Wildman–Crippen LogP) is 3.93. The van der Waals surface area contributed by atoms with E-state index in [4.69, 9.17) is 10.5 Å². The molecule has 2 aromatic carbocycles. The van der Waals surface area contributed by atoms with Crippen molar-refractivity contribution < 1.29 is 4.74 Å². The van der Waals surface area contributed by atoms with E-state index >= 15 is 0 Å². The molecule has 2 aromatic rings. The first kappa shape index (κ1) is 12.7. The Morgan fingerprint density at radius 2 is 1.72 bits per heavy atom. The van der Waals surface area contributed by atoms with Gasteiger partial charge in [-0.25, -0.2) is 0 Å². The van der Waals surface area contributed by atoms with Gasteiger partial charge in [-0.05, 0) is 48.7 Å². The molecule has 0 aromatic heterocycles. The van der Waals surface area contributed by atoms with E-state index in [1.165, 1.54) is 5.56 Å². The molecule has 94 valence electrons. The minimum Gasteiger partial charge on any atom is -0.457 e. The normalized spacial score (nSPS) is 12.1. The highest BCUT2D eigenvalue weighted by Gasteiger charge is 2.08. The molecule has 0 spiro atoms. The quantitative estimate of drug-likeness (QED) is 0.860. The second-order valence-corrected chi connectivity index (χ2v) is 4.33. The van der Waals surface area contributed by atoms with Crippen LogP contribution in [0.4, 0.5) is 0 Å². The first-order chi connectivity index (χ1) is 8.83. The van der Waals surface area contributed by atoms with Crippen molar-refractivity contribution in [2.45, 2.75) is 19.3 Å². The molecule has 0 fully saturated rings. The Balaban J connectivity index is 2.17. The van der Waals surface area contributed by atoms with Crippen LogP contribution >= 0.6 is 0 Å². The van der Waals surface area contributed by atoms with E-state index in [-0.39, 0.29) is 0 Å². The summed E-state index contributed by atoms with van der Waals surface area (Å²) >= 11 is 0. The molecule has 0 aliphatic heterocycles. The molecule has 2 rings (SSSR count). The van der Waals surface area contributed by atoms with Crippen molar-refractivity contribution in [3.05, 3.63) is 60.2 Å². The summed E-state index contributed by atoms with van der Waals surface area (Å²) in [5.74, 6) is 2.13. The standard InChI is InChI=1S/C16H19NO/c1-2-13(12-17)14-7-6-10-16(11-14)18-15-8-4-3-5-9-15/h3-11,13H,2,12,17H2,1H3. The van der Waals surface area contributed by atoms with Gasteiger partial charge in [0.2, 0.25) is 0 Å². The second kappa shape index (κ2) is 6.22. The Bertz CT molecular complexity index is 477. The Morgan fingerprint density at radius 3 is 2.39 bits per heavy atom. The topological polar surface area (TPSA) is 35.2 Å². The molecule has 2 nitrogen and oxygen atoms in total. The van der Waals surface area contributed by atoms with E-state index in [1.807, 2.05) is 42.5 Å². The molecular formula is C16H19NO. The van der Waals surface area contributed by atoms with Gasteiger partial charge in [-0.3, -0.25) is 0 Å². The van der Waals surface area contributed by atoms with E-state index in [2.05, 4.69) is 19.1 Å². The van der Waals surface area contributed by atoms with Gasteiger partial charge in [0.25, 0.3) is 0 Å². The fourth-order valence-corrected chi connectivity index (χ4v) is 2.00. The van der Waals surface area contributed by atoms with E-state index < -0.39 is 0 Å². The van der Waals surface area contributed by atoms with Crippen LogP contribution in [0.1, 0.15) is 24.8 Å². The molecule has 0 heterocycles. The Morgan fingerprint density at radius 1 is 1.00 bits per heavy atom. The van der Waals surface area contributed by atoms with Crippen LogP contribution in [0.25, 0.3) is 0 Å². The van der Waals surface area contributed by atoms with E-state index in [0.29, 0.717) is 12.5 Å². The lowest BCUT2D eigenvalue weighted by Gasteiger charge is -2.14. The van der Waals surface area contributed by atoms with Crippen molar-refractivity contribution in [2.24, 2.45) is 5.73 Å². The summed E-state index contributed by atoms with van der Waals surface area (Å²) in [5.41, 5.74) is 7.02. The summed E-state index contributed by atoms with van der Waals surface area (Å²) in [4.78, 5) is 0. The molecule has 0 aliphatic rings. The van der Waals surface area contributed by atoms with Gasteiger partial charge in [0, 0.05) is 0 Å². The lowest BCUT2D eigenvalue weighted by atomic mass is 9.97. The Kier molecular flexibility index (Phi) is 4.37. The van der Waals surface area contributed by atoms with E-state index in [9.17, 15) is 0 Å². The number of benzene rings is 2. The van der Waals surface area contributed by atoms with Crippen molar-refractivity contribution in [1.82, 2.24) is 0 Å². The molecule has 0 aliphatic carbocycles. The fourth-order valence-electron chi connectivity index (χ4n) is 2.00. The number of ether oxygens (including phenoxy) is 1. The van der Waals surface area contributed by atoms with E-state index in [0.717, 1.165) is 17.9 Å². The van der Waals surface area contributed by atoms with Gasteiger partial charge in [-0.1, -0.05) is 37.3 Å². The summed E-state index contributed by atoms with van der Waals surface area (Å²) in [7, 11) is 0. The molecule has 2 heteroatoms. The van der Waals surface area contributed by atoms with Crippen LogP contribution in [0.5, 0.6) is 11.5 Å². The lowest BCUT2D eigenvalue weighted by Crippen LogP contribution is -2.11. The van der Waals surface area contributed by atoms with Crippen LogP contribution in [0, 0.1) is 0 Å². The van der Waals surface area contributed by atoms with Gasteiger partial charge >= 0.3 is 0 Å². The van der Waals surface area contributed by atoms with Gasteiger partial charge in [-0.15, -0.1) is 0 Å². The van der Waals surface area contributed by atoms with Gasteiger partial charge in [-0.2, -0.15) is 0 Å². The lowest BCUT2D eigenvalue weighted by molar-refractivity contribution is 0.481. The molecular weight excluding hydrogens is 222 g/mol. The average molecular weight is 241 g/mol. The number of para-hydroxylation sites is 1. The highest BCUT2D eigenvalue weighted by atomic mass is 16.5. The maximum Gasteiger partial charge on any atom is 0.127 e. The van der Waals surface area contributed by atoms with Crippen LogP contribution in [-0.4, -0.2) is 6.54 Å². The maximum atomic E-state index is 5.82. The predicted molar refractivity (Wildman–Crippen MR) is 75.0 cm³/mol. The third kappa shape index (κ3) is 3.11. The first-order valence-corrected chi connectivity index (χ1v) is 6.36. The first-order valence-electron chi connectivity index (χ1n) is 6.36. The van der Waals surface area contributed by atoms with Crippen LogP contribution in [0.3, 0.4) is 0 Å². The van der Waals surface area contributed by atoms with Crippen molar-refractivity contribution in [2.75, 3.05) is 6.54 Å². The number of hydrogen-bond donors (Lipinski definition) is 1. The third-order valence-electron chi connectivity index (χ3n) is 3.09. The summed E-state index contributed by atoms with van der Waals surface area (Å²) in [6, 6.07) is 18.0. The zero-order valence-electron chi connectivity index (χ0n) is 10.7. The average Bonchev–Trinajstić information content (AvgIpc) is 2.42. The van der Waals surface area contributed by atoms with Crippen LogP contribution in [-0.2, 0) is 0 Å². The fraction of sp³-hybridized carbons (Fsp3) is 0.250. The van der Waals surface area contributed by atoms with E-state index in [1.54, 1.807) is 0 Å². The molecule has 0 saturated carbocycles. The Hall–Kier alpha value is -1.80. The van der Waals surface area contributed by atoms with Crippen molar-refractivity contribution in [1.29, 1.82) is 0 Å².